The topological polar surface area (TPSA) is 139 Å². The number of nitrogens with one attached hydrogen (secondary N) is 1. The molecule has 1 heterocycles. The zero-order valence-electron chi connectivity index (χ0n) is 11.2. The molecule has 1 atom stereocenters. The van der Waals surface area contributed by atoms with Crippen LogP contribution in [0.25, 0.3) is 0 Å². The van der Waals surface area contributed by atoms with Gasteiger partial charge in [0.25, 0.3) is 0 Å². The Kier molecular flexibility index (Phi) is 6.25. The van der Waals surface area contributed by atoms with E-state index in [2.05, 4.69) is 9.71 Å². The van der Waals surface area contributed by atoms with Gasteiger partial charge in [0.2, 0.25) is 15.9 Å². The first-order valence-corrected chi connectivity index (χ1v) is 7.86. The maximum absolute atomic E-state index is 11.8. The van der Waals surface area contributed by atoms with Gasteiger partial charge < -0.3 is 10.8 Å². The summed E-state index contributed by atoms with van der Waals surface area (Å²) in [5.74, 6) is -2.32. The summed E-state index contributed by atoms with van der Waals surface area (Å²) in [5.41, 5.74) is 5.51. The molecule has 1 amide bonds. The number of rotatable bonds is 9. The summed E-state index contributed by atoms with van der Waals surface area (Å²) in [5, 5.41) is 8.94. The summed E-state index contributed by atoms with van der Waals surface area (Å²) in [6.45, 7) is 0. The third-order valence-electron chi connectivity index (χ3n) is 2.65. The molecule has 1 rings (SSSR count). The second-order valence-corrected chi connectivity index (χ2v) is 6.28. The number of nitrogens with two attached hydrogens (primary N) is 1. The fraction of sp³-hybridized carbons (Fsp3) is 0.417. The Balaban J connectivity index is 2.59. The van der Waals surface area contributed by atoms with Crippen molar-refractivity contribution in [2.75, 3.05) is 5.75 Å². The molecule has 0 fully saturated rings. The van der Waals surface area contributed by atoms with Crippen molar-refractivity contribution in [2.24, 2.45) is 5.73 Å². The third-order valence-corrected chi connectivity index (χ3v) is 4.04. The predicted molar refractivity (Wildman–Crippen MR) is 74.7 cm³/mol. The number of carbonyl (C=O) groups is 2. The molecule has 4 N–H and O–H groups in total. The van der Waals surface area contributed by atoms with Crippen molar-refractivity contribution in [3.8, 4) is 0 Å². The molecule has 0 aromatic carbocycles. The molecule has 1 unspecified atom stereocenters. The van der Waals surface area contributed by atoms with Gasteiger partial charge in [-0.3, -0.25) is 14.6 Å². The van der Waals surface area contributed by atoms with Crippen LogP contribution in [0.15, 0.2) is 24.4 Å². The molecule has 0 aliphatic rings. The molecule has 0 spiro atoms. The van der Waals surface area contributed by atoms with E-state index in [-0.39, 0.29) is 25.0 Å². The summed E-state index contributed by atoms with van der Waals surface area (Å²) in [6.07, 6.45) is 1.31. The molecule has 0 aliphatic heterocycles. The summed E-state index contributed by atoms with van der Waals surface area (Å²) < 4.78 is 25.7. The average Bonchev–Trinajstić information content (AvgIpc) is 2.42. The van der Waals surface area contributed by atoms with E-state index in [1.54, 1.807) is 24.4 Å². The molecule has 0 bridgehead atoms. The van der Waals surface area contributed by atoms with Crippen LogP contribution in [0, 0.1) is 0 Å². The highest BCUT2D eigenvalue weighted by Gasteiger charge is 2.24. The lowest BCUT2D eigenvalue weighted by molar-refractivity contribution is -0.139. The highest BCUT2D eigenvalue weighted by molar-refractivity contribution is 7.89. The van der Waals surface area contributed by atoms with E-state index in [1.165, 1.54) is 0 Å². The Hall–Kier alpha value is -2.00. The van der Waals surface area contributed by atoms with E-state index in [0.29, 0.717) is 5.69 Å². The first-order valence-electron chi connectivity index (χ1n) is 6.21. The lowest BCUT2D eigenvalue weighted by Crippen LogP contribution is -2.42. The predicted octanol–water partition coefficient (Wildman–Crippen LogP) is -0.738. The summed E-state index contributed by atoms with van der Waals surface area (Å²) in [6, 6.07) is 3.75. The van der Waals surface area contributed by atoms with Crippen LogP contribution in [0.3, 0.4) is 0 Å². The number of nitrogens with zero attached hydrogens (tertiary/aromatic N) is 1. The van der Waals surface area contributed by atoms with Crippen molar-refractivity contribution in [3.05, 3.63) is 30.1 Å². The maximum atomic E-state index is 11.8. The van der Waals surface area contributed by atoms with Gasteiger partial charge in [-0.1, -0.05) is 6.07 Å². The van der Waals surface area contributed by atoms with Gasteiger partial charge in [0, 0.05) is 24.7 Å². The summed E-state index contributed by atoms with van der Waals surface area (Å²) in [4.78, 5) is 25.6. The van der Waals surface area contributed by atoms with Crippen molar-refractivity contribution < 1.29 is 23.1 Å². The minimum Gasteiger partial charge on any atom is -0.480 e. The van der Waals surface area contributed by atoms with Crippen LogP contribution < -0.4 is 10.5 Å². The van der Waals surface area contributed by atoms with Gasteiger partial charge in [-0.15, -0.1) is 0 Å². The van der Waals surface area contributed by atoms with Crippen LogP contribution in [-0.2, 0) is 26.0 Å². The van der Waals surface area contributed by atoms with Crippen LogP contribution in [0.2, 0.25) is 0 Å². The minimum absolute atomic E-state index is 0.165. The Morgan fingerprint density at radius 3 is 2.62 bits per heavy atom. The number of primary amides is 1. The van der Waals surface area contributed by atoms with E-state index in [1.807, 2.05) is 0 Å². The molecule has 1 aromatic rings. The first kappa shape index (κ1) is 17.1. The maximum Gasteiger partial charge on any atom is 0.321 e. The molecule has 21 heavy (non-hydrogen) atoms. The van der Waals surface area contributed by atoms with Crippen molar-refractivity contribution >= 4 is 21.9 Å². The highest BCUT2D eigenvalue weighted by atomic mass is 32.2. The van der Waals surface area contributed by atoms with Crippen LogP contribution in [0.1, 0.15) is 18.5 Å². The van der Waals surface area contributed by atoms with Gasteiger partial charge in [-0.05, 0) is 18.6 Å². The van der Waals surface area contributed by atoms with E-state index in [0.717, 1.165) is 0 Å². The Morgan fingerprint density at radius 1 is 1.38 bits per heavy atom. The fourth-order valence-corrected chi connectivity index (χ4v) is 2.83. The van der Waals surface area contributed by atoms with Crippen LogP contribution >= 0.6 is 0 Å². The van der Waals surface area contributed by atoms with Gasteiger partial charge in [-0.25, -0.2) is 13.1 Å². The van der Waals surface area contributed by atoms with E-state index in [4.69, 9.17) is 10.8 Å². The standard InChI is InChI=1S/C12H17N3O5S/c13-11(16)5-4-10(12(17)18)15-21(19,20)8-6-9-3-1-2-7-14-9/h1-3,7,10,15H,4-6,8H2,(H2,13,16)(H,17,18). The molecule has 0 saturated heterocycles. The quantitative estimate of drug-likeness (QED) is 0.548. The number of aliphatic carboxylic acids is 1. The monoisotopic (exact) mass is 315 g/mol. The molecule has 116 valence electrons. The first-order chi connectivity index (χ1) is 9.80. The number of aryl methyl sites for hydroxylation is 1. The molecular weight excluding hydrogens is 298 g/mol. The van der Waals surface area contributed by atoms with Crippen LogP contribution in [-0.4, -0.2) is 42.2 Å². The highest BCUT2D eigenvalue weighted by Crippen LogP contribution is 2.03. The lowest BCUT2D eigenvalue weighted by Gasteiger charge is -2.13. The van der Waals surface area contributed by atoms with Gasteiger partial charge >= 0.3 is 5.97 Å². The van der Waals surface area contributed by atoms with Gasteiger partial charge in [0.05, 0.1) is 5.75 Å². The number of carbonyl (C=O) groups excluding carboxylic acids is 1. The number of carboxylic acid groups (broad SMARTS) is 1. The van der Waals surface area contributed by atoms with Crippen molar-refractivity contribution in [3.63, 3.8) is 0 Å². The molecule has 9 heteroatoms. The summed E-state index contributed by atoms with van der Waals surface area (Å²) in [7, 11) is -3.79. The Labute approximate surface area is 122 Å². The largest absolute Gasteiger partial charge is 0.480 e. The number of hydrogen-bond donors (Lipinski definition) is 3. The van der Waals surface area contributed by atoms with Crippen molar-refractivity contribution in [1.82, 2.24) is 9.71 Å². The Morgan fingerprint density at radius 2 is 2.10 bits per heavy atom. The lowest BCUT2D eigenvalue weighted by atomic mass is 10.2. The van der Waals surface area contributed by atoms with Crippen LogP contribution in [0.4, 0.5) is 0 Å². The van der Waals surface area contributed by atoms with E-state index in [9.17, 15) is 18.0 Å². The molecular formula is C12H17N3O5S. The smallest absolute Gasteiger partial charge is 0.321 e. The van der Waals surface area contributed by atoms with Gasteiger partial charge in [0.1, 0.15) is 6.04 Å². The van der Waals surface area contributed by atoms with Crippen molar-refractivity contribution in [2.45, 2.75) is 25.3 Å². The van der Waals surface area contributed by atoms with E-state index >= 15 is 0 Å². The SMILES string of the molecule is NC(=O)CCC(NS(=O)(=O)CCc1ccccn1)C(=O)O. The minimum atomic E-state index is -3.79. The van der Waals surface area contributed by atoms with Crippen molar-refractivity contribution in [1.29, 1.82) is 0 Å². The second kappa shape index (κ2) is 7.70. The number of hydrogen-bond acceptors (Lipinski definition) is 5. The second-order valence-electron chi connectivity index (χ2n) is 4.40. The number of carboxylic acids is 1. The van der Waals surface area contributed by atoms with Gasteiger partial charge in [-0.2, -0.15) is 0 Å². The zero-order valence-corrected chi connectivity index (χ0v) is 12.0. The Bertz CT molecular complexity index is 588. The molecule has 0 aliphatic carbocycles. The molecule has 0 radical (unpaired) electrons. The average molecular weight is 315 g/mol. The summed E-state index contributed by atoms with van der Waals surface area (Å²) >= 11 is 0. The number of pyridine rings is 1. The number of aromatic nitrogens is 1. The van der Waals surface area contributed by atoms with Gasteiger partial charge in [0.15, 0.2) is 0 Å². The fourth-order valence-electron chi connectivity index (χ4n) is 1.58. The number of amides is 1. The molecule has 0 saturated carbocycles. The number of sulfonamides is 1. The molecule has 8 nitrogen and oxygen atoms in total. The van der Waals surface area contributed by atoms with Crippen LogP contribution in [0.5, 0.6) is 0 Å². The third kappa shape index (κ3) is 6.82. The van der Waals surface area contributed by atoms with E-state index < -0.39 is 27.9 Å². The zero-order chi connectivity index (χ0) is 15.9. The molecule has 1 aromatic heterocycles. The normalized spacial score (nSPS) is 12.8.